The Morgan fingerprint density at radius 2 is 2.21 bits per heavy atom. The summed E-state index contributed by atoms with van der Waals surface area (Å²) in [6.07, 6.45) is 4.74. The van der Waals surface area contributed by atoms with Gasteiger partial charge in [0.15, 0.2) is 0 Å². The van der Waals surface area contributed by atoms with E-state index in [1.54, 1.807) is 0 Å². The van der Waals surface area contributed by atoms with Gasteiger partial charge in [-0.3, -0.25) is 0 Å². The maximum Gasteiger partial charge on any atom is 0.138 e. The lowest BCUT2D eigenvalue weighted by Gasteiger charge is -2.19. The first-order valence-corrected chi connectivity index (χ1v) is 7.57. The minimum atomic E-state index is 0.464. The van der Waals surface area contributed by atoms with Crippen LogP contribution >= 0.6 is 11.6 Å². The van der Waals surface area contributed by atoms with E-state index in [1.807, 2.05) is 12.1 Å². The zero-order valence-electron chi connectivity index (χ0n) is 12.1. The van der Waals surface area contributed by atoms with Crippen molar-refractivity contribution in [1.82, 2.24) is 0 Å². The van der Waals surface area contributed by atoms with Crippen LogP contribution < -0.4 is 10.1 Å². The van der Waals surface area contributed by atoms with Crippen LogP contribution in [0.5, 0.6) is 5.75 Å². The maximum atomic E-state index is 6.24. The highest BCUT2D eigenvalue weighted by molar-refractivity contribution is 6.32. The molecule has 0 aromatic heterocycles. The van der Waals surface area contributed by atoms with Crippen molar-refractivity contribution in [2.24, 2.45) is 5.41 Å². The highest BCUT2D eigenvalue weighted by Crippen LogP contribution is 2.38. The number of nitrogens with one attached hydrogen (secondary N) is 1. The fraction of sp³-hybridized carbons (Fsp3) is 0.625. The van der Waals surface area contributed by atoms with Gasteiger partial charge in [0.05, 0.1) is 11.6 Å². The van der Waals surface area contributed by atoms with Crippen LogP contribution in [0.4, 0.5) is 5.69 Å². The van der Waals surface area contributed by atoms with Crippen LogP contribution in [-0.2, 0) is 0 Å². The molecule has 0 spiro atoms. The molecule has 0 heterocycles. The molecule has 0 saturated heterocycles. The molecular weight excluding hydrogens is 258 g/mol. The molecule has 2 rings (SSSR count). The molecule has 0 amide bonds. The molecule has 19 heavy (non-hydrogen) atoms. The Balaban J connectivity index is 1.96. The third-order valence-electron chi connectivity index (χ3n) is 3.73. The largest absolute Gasteiger partial charge is 0.492 e. The average Bonchev–Trinajstić information content (AvgIpc) is 2.68. The van der Waals surface area contributed by atoms with E-state index in [4.69, 9.17) is 16.3 Å². The summed E-state index contributed by atoms with van der Waals surface area (Å²) in [7, 11) is 0. The fourth-order valence-corrected chi connectivity index (χ4v) is 2.95. The first-order chi connectivity index (χ1) is 9.00. The van der Waals surface area contributed by atoms with Crippen molar-refractivity contribution in [2.45, 2.75) is 52.5 Å². The lowest BCUT2D eigenvalue weighted by atomic mass is 9.92. The van der Waals surface area contributed by atoms with Gasteiger partial charge in [-0.05, 0) is 49.3 Å². The first kappa shape index (κ1) is 14.5. The Hall–Kier alpha value is -0.890. The normalized spacial score (nSPS) is 21.4. The molecule has 1 atom stereocenters. The zero-order valence-corrected chi connectivity index (χ0v) is 12.9. The quantitative estimate of drug-likeness (QED) is 0.809. The Morgan fingerprint density at radius 3 is 2.79 bits per heavy atom. The van der Waals surface area contributed by atoms with E-state index in [2.05, 4.69) is 32.2 Å². The van der Waals surface area contributed by atoms with Crippen molar-refractivity contribution in [2.75, 3.05) is 11.9 Å². The molecule has 3 heteroatoms. The average molecular weight is 282 g/mol. The van der Waals surface area contributed by atoms with Gasteiger partial charge < -0.3 is 10.1 Å². The molecule has 1 unspecified atom stereocenters. The summed E-state index contributed by atoms with van der Waals surface area (Å²) in [6.45, 7) is 7.47. The second kappa shape index (κ2) is 6.04. The van der Waals surface area contributed by atoms with Gasteiger partial charge in [-0.1, -0.05) is 32.4 Å². The molecule has 1 fully saturated rings. The van der Waals surface area contributed by atoms with Gasteiger partial charge in [0.1, 0.15) is 5.75 Å². The molecule has 106 valence electrons. The molecule has 1 saturated carbocycles. The number of anilines is 1. The second-order valence-corrected chi connectivity index (χ2v) is 6.65. The molecule has 1 aromatic carbocycles. The van der Waals surface area contributed by atoms with E-state index < -0.39 is 0 Å². The number of rotatable bonds is 5. The van der Waals surface area contributed by atoms with Gasteiger partial charge >= 0.3 is 0 Å². The lowest BCUT2D eigenvalue weighted by Crippen LogP contribution is -2.17. The van der Waals surface area contributed by atoms with Crippen molar-refractivity contribution < 1.29 is 4.74 Å². The van der Waals surface area contributed by atoms with Gasteiger partial charge in [0, 0.05) is 11.7 Å². The van der Waals surface area contributed by atoms with E-state index >= 15 is 0 Å². The van der Waals surface area contributed by atoms with Gasteiger partial charge in [-0.15, -0.1) is 0 Å². The zero-order chi connectivity index (χ0) is 13.9. The summed E-state index contributed by atoms with van der Waals surface area (Å²) in [5.74, 6) is 0.779. The monoisotopic (exact) mass is 281 g/mol. The molecule has 1 N–H and O–H groups in total. The van der Waals surface area contributed by atoms with Crippen LogP contribution in [0.1, 0.15) is 46.5 Å². The van der Waals surface area contributed by atoms with Crippen molar-refractivity contribution in [3.8, 4) is 5.75 Å². The number of halogens is 1. The van der Waals surface area contributed by atoms with E-state index in [1.165, 1.54) is 19.3 Å². The standard InChI is InChI=1S/C16H24ClNO/c1-4-9-19-15-6-5-12(10-14(15)17)18-13-7-8-16(2,3)11-13/h5-6,10,13,18H,4,7-9,11H2,1-3H3. The van der Waals surface area contributed by atoms with E-state index in [0.29, 0.717) is 23.1 Å². The molecule has 1 aliphatic carbocycles. The minimum Gasteiger partial charge on any atom is -0.492 e. The second-order valence-electron chi connectivity index (χ2n) is 6.24. The predicted molar refractivity (Wildman–Crippen MR) is 82.3 cm³/mol. The van der Waals surface area contributed by atoms with Crippen LogP contribution in [0.2, 0.25) is 5.02 Å². The summed E-state index contributed by atoms with van der Waals surface area (Å²) in [5.41, 5.74) is 1.56. The number of ether oxygens (including phenoxy) is 1. The Morgan fingerprint density at radius 1 is 1.42 bits per heavy atom. The van der Waals surface area contributed by atoms with Crippen LogP contribution in [0.3, 0.4) is 0 Å². The Bertz CT molecular complexity index is 431. The minimum absolute atomic E-state index is 0.464. The van der Waals surface area contributed by atoms with Gasteiger partial charge in [0.25, 0.3) is 0 Å². The number of hydrogen-bond donors (Lipinski definition) is 1. The van der Waals surface area contributed by atoms with Crippen LogP contribution in [0.25, 0.3) is 0 Å². The molecule has 1 aliphatic rings. The van der Waals surface area contributed by atoms with Crippen molar-refractivity contribution in [3.05, 3.63) is 23.2 Å². The highest BCUT2D eigenvalue weighted by Gasteiger charge is 2.30. The fourth-order valence-electron chi connectivity index (χ4n) is 2.71. The van der Waals surface area contributed by atoms with Crippen molar-refractivity contribution in [1.29, 1.82) is 0 Å². The maximum absolute atomic E-state index is 6.24. The predicted octanol–water partition coefficient (Wildman–Crippen LogP) is 5.12. The van der Waals surface area contributed by atoms with Gasteiger partial charge in [0.2, 0.25) is 0 Å². The molecule has 0 aliphatic heterocycles. The van der Waals surface area contributed by atoms with Gasteiger partial charge in [-0.2, -0.15) is 0 Å². The number of hydrogen-bond acceptors (Lipinski definition) is 2. The van der Waals surface area contributed by atoms with Crippen molar-refractivity contribution >= 4 is 17.3 Å². The molecule has 1 aromatic rings. The smallest absolute Gasteiger partial charge is 0.138 e. The molecule has 0 bridgehead atoms. The molecule has 0 radical (unpaired) electrons. The van der Waals surface area contributed by atoms with E-state index in [-0.39, 0.29) is 0 Å². The SMILES string of the molecule is CCCOc1ccc(NC2CCC(C)(C)C2)cc1Cl. The first-order valence-electron chi connectivity index (χ1n) is 7.19. The third kappa shape index (κ3) is 4.04. The van der Waals surface area contributed by atoms with Crippen LogP contribution in [-0.4, -0.2) is 12.6 Å². The van der Waals surface area contributed by atoms with E-state index in [0.717, 1.165) is 17.9 Å². The lowest BCUT2D eigenvalue weighted by molar-refractivity contribution is 0.317. The molecular formula is C16H24ClNO. The van der Waals surface area contributed by atoms with Crippen LogP contribution in [0, 0.1) is 5.41 Å². The summed E-state index contributed by atoms with van der Waals surface area (Å²) < 4.78 is 5.58. The molecule has 2 nitrogen and oxygen atoms in total. The van der Waals surface area contributed by atoms with Crippen molar-refractivity contribution in [3.63, 3.8) is 0 Å². The van der Waals surface area contributed by atoms with E-state index in [9.17, 15) is 0 Å². The van der Waals surface area contributed by atoms with Crippen LogP contribution in [0.15, 0.2) is 18.2 Å². The Labute approximate surface area is 121 Å². The number of benzene rings is 1. The highest BCUT2D eigenvalue weighted by atomic mass is 35.5. The summed E-state index contributed by atoms with van der Waals surface area (Å²) in [6, 6.07) is 6.55. The Kier molecular flexibility index (Phi) is 4.62. The summed E-state index contributed by atoms with van der Waals surface area (Å²) >= 11 is 6.24. The third-order valence-corrected chi connectivity index (χ3v) is 4.03. The summed E-state index contributed by atoms with van der Waals surface area (Å²) in [5, 5.41) is 4.27. The van der Waals surface area contributed by atoms with Gasteiger partial charge in [-0.25, -0.2) is 0 Å². The topological polar surface area (TPSA) is 21.3 Å². The summed E-state index contributed by atoms with van der Waals surface area (Å²) in [4.78, 5) is 0.